The van der Waals surface area contributed by atoms with Crippen molar-refractivity contribution in [1.82, 2.24) is 5.32 Å². The molecule has 0 aromatic heterocycles. The van der Waals surface area contributed by atoms with E-state index in [1.807, 2.05) is 11.8 Å². The van der Waals surface area contributed by atoms with Crippen molar-refractivity contribution in [2.45, 2.75) is 45.0 Å². The molecule has 1 N–H and O–H groups in total. The topological polar surface area (TPSA) is 33.6 Å². The van der Waals surface area contributed by atoms with Gasteiger partial charge in [-0.05, 0) is 12.8 Å². The zero-order valence-corrected chi connectivity index (χ0v) is 11.6. The van der Waals surface area contributed by atoms with Crippen molar-refractivity contribution in [3.8, 4) is 0 Å². The summed E-state index contributed by atoms with van der Waals surface area (Å²) in [7, 11) is 1.74. The number of hydrogen-bond acceptors (Lipinski definition) is 4. The van der Waals surface area contributed by atoms with E-state index in [2.05, 4.69) is 31.1 Å². The quantitative estimate of drug-likeness (QED) is 0.779. The molecule has 2 unspecified atom stereocenters. The largest absolute Gasteiger partial charge is 0.380 e. The molecule has 1 rings (SSSR count). The van der Waals surface area contributed by atoms with Crippen LogP contribution in [0.5, 0.6) is 0 Å². The second-order valence-electron chi connectivity index (χ2n) is 4.31. The zero-order valence-electron chi connectivity index (χ0n) is 10.8. The monoisotopic (exact) mass is 244 g/mol. The van der Waals surface area contributed by atoms with Crippen molar-refractivity contribution in [3.05, 3.63) is 0 Å². The van der Waals surface area contributed by atoms with Gasteiger partial charge in [0.15, 0.2) is 5.17 Å². The van der Waals surface area contributed by atoms with E-state index in [1.54, 1.807) is 7.11 Å². The first kappa shape index (κ1) is 13.8. The van der Waals surface area contributed by atoms with E-state index in [4.69, 9.17) is 4.74 Å². The van der Waals surface area contributed by atoms with Crippen LogP contribution in [0.15, 0.2) is 4.99 Å². The summed E-state index contributed by atoms with van der Waals surface area (Å²) in [5.74, 6) is 0.799. The van der Waals surface area contributed by atoms with Crippen LogP contribution in [0.1, 0.15) is 33.6 Å². The van der Waals surface area contributed by atoms with E-state index in [9.17, 15) is 0 Å². The molecular formula is C12H24N2OS. The fraction of sp³-hybridized carbons (Fsp3) is 0.917. The van der Waals surface area contributed by atoms with Gasteiger partial charge in [0.2, 0.25) is 0 Å². The first-order chi connectivity index (χ1) is 7.71. The number of methoxy groups -OCH3 is 1. The third-order valence-electron chi connectivity index (χ3n) is 3.20. The number of nitrogens with one attached hydrogen (secondary N) is 1. The standard InChI is InChI=1S/C12H24N2OS/c1-5-10(6-2)11-8-14-12(16-11)13-7-9(3)15-4/h9-11H,5-8H2,1-4H3,(H,13,14). The normalized spacial score (nSPS) is 22.3. The number of nitrogens with zero attached hydrogens (tertiary/aromatic N) is 1. The van der Waals surface area contributed by atoms with Gasteiger partial charge in [0.25, 0.3) is 0 Å². The Morgan fingerprint density at radius 3 is 2.75 bits per heavy atom. The first-order valence-corrected chi connectivity index (χ1v) is 7.06. The molecule has 16 heavy (non-hydrogen) atoms. The van der Waals surface area contributed by atoms with E-state index in [1.165, 1.54) is 12.8 Å². The molecule has 0 aromatic carbocycles. The molecular weight excluding hydrogens is 220 g/mol. The first-order valence-electron chi connectivity index (χ1n) is 6.19. The van der Waals surface area contributed by atoms with Crippen LogP contribution >= 0.6 is 11.8 Å². The number of aliphatic imine (C=N–C) groups is 1. The van der Waals surface area contributed by atoms with Gasteiger partial charge in [-0.25, -0.2) is 0 Å². The molecule has 0 radical (unpaired) electrons. The number of ether oxygens (including phenoxy) is 1. The molecule has 1 aliphatic heterocycles. The second kappa shape index (κ2) is 7.17. The van der Waals surface area contributed by atoms with Crippen molar-refractivity contribution in [2.75, 3.05) is 20.2 Å². The minimum absolute atomic E-state index is 0.246. The minimum atomic E-state index is 0.246. The lowest BCUT2D eigenvalue weighted by Gasteiger charge is -2.19. The van der Waals surface area contributed by atoms with Gasteiger partial charge in [0, 0.05) is 18.9 Å². The summed E-state index contributed by atoms with van der Waals surface area (Å²) in [6, 6.07) is 0. The van der Waals surface area contributed by atoms with Crippen molar-refractivity contribution >= 4 is 16.9 Å². The van der Waals surface area contributed by atoms with Crippen LogP contribution in [0.2, 0.25) is 0 Å². The summed E-state index contributed by atoms with van der Waals surface area (Å²) in [5.41, 5.74) is 0. The number of thioether (sulfide) groups is 1. The summed E-state index contributed by atoms with van der Waals surface area (Å²) in [5, 5.41) is 5.13. The molecule has 1 aliphatic rings. The van der Waals surface area contributed by atoms with Gasteiger partial charge < -0.3 is 10.1 Å². The maximum absolute atomic E-state index is 5.20. The lowest BCUT2D eigenvalue weighted by Crippen LogP contribution is -2.29. The molecule has 0 aliphatic carbocycles. The molecule has 4 heteroatoms. The van der Waals surface area contributed by atoms with Gasteiger partial charge in [-0.2, -0.15) is 0 Å². The SMILES string of the molecule is CCC(CC)C1CN=C(NCC(C)OC)S1. The lowest BCUT2D eigenvalue weighted by atomic mass is 9.99. The highest BCUT2D eigenvalue weighted by molar-refractivity contribution is 8.14. The lowest BCUT2D eigenvalue weighted by molar-refractivity contribution is 0.121. The minimum Gasteiger partial charge on any atom is -0.380 e. The highest BCUT2D eigenvalue weighted by atomic mass is 32.2. The van der Waals surface area contributed by atoms with Crippen molar-refractivity contribution in [1.29, 1.82) is 0 Å². The predicted octanol–water partition coefficient (Wildman–Crippen LogP) is 2.52. The van der Waals surface area contributed by atoms with Gasteiger partial charge in [0.1, 0.15) is 0 Å². The van der Waals surface area contributed by atoms with Gasteiger partial charge in [-0.15, -0.1) is 0 Å². The van der Waals surface area contributed by atoms with Crippen LogP contribution in [0.4, 0.5) is 0 Å². The Morgan fingerprint density at radius 2 is 2.19 bits per heavy atom. The van der Waals surface area contributed by atoms with Crippen LogP contribution in [0.25, 0.3) is 0 Å². The second-order valence-corrected chi connectivity index (χ2v) is 5.53. The van der Waals surface area contributed by atoms with Crippen molar-refractivity contribution in [3.63, 3.8) is 0 Å². The Labute approximate surface area is 103 Å². The Hall–Kier alpha value is -0.220. The highest BCUT2D eigenvalue weighted by Gasteiger charge is 2.25. The van der Waals surface area contributed by atoms with Crippen LogP contribution in [-0.2, 0) is 4.74 Å². The summed E-state index contributed by atoms with van der Waals surface area (Å²) >= 11 is 1.90. The maximum atomic E-state index is 5.20. The summed E-state index contributed by atoms with van der Waals surface area (Å²) in [4.78, 5) is 4.55. The van der Waals surface area contributed by atoms with E-state index >= 15 is 0 Å². The summed E-state index contributed by atoms with van der Waals surface area (Å²) < 4.78 is 5.20. The third kappa shape index (κ3) is 3.98. The molecule has 1 heterocycles. The maximum Gasteiger partial charge on any atom is 0.157 e. The smallest absolute Gasteiger partial charge is 0.157 e. The molecule has 0 aromatic rings. The molecule has 0 saturated carbocycles. The average molecular weight is 244 g/mol. The molecule has 0 fully saturated rings. The van der Waals surface area contributed by atoms with Crippen LogP contribution < -0.4 is 5.32 Å². The number of hydrogen-bond donors (Lipinski definition) is 1. The Balaban J connectivity index is 2.28. The van der Waals surface area contributed by atoms with E-state index in [0.717, 1.165) is 24.2 Å². The van der Waals surface area contributed by atoms with Crippen LogP contribution in [0, 0.1) is 5.92 Å². The number of rotatable bonds is 6. The average Bonchev–Trinajstić information content (AvgIpc) is 2.76. The molecule has 0 saturated heterocycles. The summed E-state index contributed by atoms with van der Waals surface area (Å²) in [6.45, 7) is 8.42. The van der Waals surface area contributed by atoms with Gasteiger partial charge in [-0.1, -0.05) is 38.5 Å². The summed E-state index contributed by atoms with van der Waals surface area (Å²) in [6.07, 6.45) is 2.76. The fourth-order valence-corrected chi connectivity index (χ4v) is 3.19. The van der Waals surface area contributed by atoms with E-state index in [-0.39, 0.29) is 6.10 Å². The predicted molar refractivity (Wildman–Crippen MR) is 72.2 cm³/mol. The molecule has 94 valence electrons. The van der Waals surface area contributed by atoms with Crippen LogP contribution in [-0.4, -0.2) is 36.7 Å². The van der Waals surface area contributed by atoms with Crippen molar-refractivity contribution < 1.29 is 4.74 Å². The fourth-order valence-electron chi connectivity index (χ4n) is 1.86. The molecule has 2 atom stereocenters. The highest BCUT2D eigenvalue weighted by Crippen LogP contribution is 2.30. The van der Waals surface area contributed by atoms with E-state index < -0.39 is 0 Å². The Morgan fingerprint density at radius 1 is 1.50 bits per heavy atom. The van der Waals surface area contributed by atoms with E-state index in [0.29, 0.717) is 5.25 Å². The van der Waals surface area contributed by atoms with Gasteiger partial charge >= 0.3 is 0 Å². The molecule has 0 spiro atoms. The molecule has 0 amide bonds. The number of amidine groups is 1. The Bertz CT molecular complexity index is 229. The van der Waals surface area contributed by atoms with Gasteiger partial charge in [-0.3, -0.25) is 4.99 Å². The molecule has 0 bridgehead atoms. The molecule has 3 nitrogen and oxygen atoms in total. The Kier molecular flexibility index (Phi) is 6.21. The third-order valence-corrected chi connectivity index (χ3v) is 4.53. The van der Waals surface area contributed by atoms with Crippen molar-refractivity contribution in [2.24, 2.45) is 10.9 Å². The van der Waals surface area contributed by atoms with Gasteiger partial charge in [0.05, 0.1) is 12.6 Å². The van der Waals surface area contributed by atoms with Crippen LogP contribution in [0.3, 0.4) is 0 Å². The zero-order chi connectivity index (χ0) is 12.0.